The lowest BCUT2D eigenvalue weighted by Crippen LogP contribution is -2.76. The summed E-state index contributed by atoms with van der Waals surface area (Å²) < 4.78 is 12.5. The molecule has 1 heterocycles. The van der Waals surface area contributed by atoms with Crippen molar-refractivity contribution in [3.8, 4) is 11.5 Å². The van der Waals surface area contributed by atoms with Gasteiger partial charge in [0.05, 0.1) is 11.9 Å². The highest BCUT2D eigenvalue weighted by Crippen LogP contribution is 2.40. The summed E-state index contributed by atoms with van der Waals surface area (Å²) in [7, 11) is 1.91. The maximum absolute atomic E-state index is 6.25. The van der Waals surface area contributed by atoms with Gasteiger partial charge in [-0.3, -0.25) is 5.32 Å². The van der Waals surface area contributed by atoms with Crippen LogP contribution in [0.2, 0.25) is 0 Å². The third-order valence-corrected chi connectivity index (χ3v) is 7.50. The van der Waals surface area contributed by atoms with Gasteiger partial charge in [-0.05, 0) is 60.4 Å². The molecule has 1 aliphatic carbocycles. The van der Waals surface area contributed by atoms with Crippen molar-refractivity contribution in [3.05, 3.63) is 132 Å². The van der Waals surface area contributed by atoms with E-state index < -0.39 is 0 Å². The number of hydrogen-bond acceptors (Lipinski definition) is 4. The van der Waals surface area contributed by atoms with Crippen LogP contribution < -0.4 is 31.2 Å². The van der Waals surface area contributed by atoms with E-state index in [0.29, 0.717) is 6.61 Å². The van der Waals surface area contributed by atoms with Crippen molar-refractivity contribution in [1.29, 1.82) is 0 Å². The summed E-state index contributed by atoms with van der Waals surface area (Å²) in [5, 5.41) is 13.2. The van der Waals surface area contributed by atoms with Gasteiger partial charge in [0.15, 0.2) is 23.1 Å². The van der Waals surface area contributed by atoms with Gasteiger partial charge in [0.2, 0.25) is 0 Å². The molecule has 0 bridgehead atoms. The fraction of sp³-hybridized carbons (Fsp3) is 0.143. The first-order valence-corrected chi connectivity index (χ1v) is 14.1. The summed E-state index contributed by atoms with van der Waals surface area (Å²) in [6, 6.07) is 24.9. The highest BCUT2D eigenvalue weighted by molar-refractivity contribution is 5.95. The van der Waals surface area contributed by atoms with Gasteiger partial charge in [-0.25, -0.2) is 0 Å². The van der Waals surface area contributed by atoms with E-state index in [1.54, 1.807) is 0 Å². The fourth-order valence-electron chi connectivity index (χ4n) is 5.50. The Hall–Kier alpha value is -4.78. The summed E-state index contributed by atoms with van der Waals surface area (Å²) in [4.78, 5) is 0. The molecular weight excluding hydrogens is 508 g/mol. The Morgan fingerprint density at radius 1 is 0.951 bits per heavy atom. The second-order valence-electron chi connectivity index (χ2n) is 10.2. The molecule has 0 radical (unpaired) electrons. The molecule has 7 N–H and O–H groups in total. The molecule has 0 aromatic heterocycles. The largest absolute Gasteiger partial charge is 0.483 e. The predicted molar refractivity (Wildman–Crippen MR) is 166 cm³/mol. The summed E-state index contributed by atoms with van der Waals surface area (Å²) in [6.45, 7) is 0.479. The molecule has 0 saturated heterocycles. The SMILES string of the molecule is CN/C=C\[NH2+]C1=C(/C=C/COc2c([NH3+])ccc3ccccc23)CCC/C1=C\C=C1\Nc2ccc3ccccc3c2O1. The van der Waals surface area contributed by atoms with Crippen LogP contribution in [0.25, 0.3) is 21.5 Å². The molecule has 0 unspecified atom stereocenters. The van der Waals surface area contributed by atoms with Crippen molar-refractivity contribution < 1.29 is 20.5 Å². The monoisotopic (exact) mass is 544 g/mol. The Balaban J connectivity index is 1.23. The van der Waals surface area contributed by atoms with Gasteiger partial charge < -0.3 is 25.8 Å². The van der Waals surface area contributed by atoms with Gasteiger partial charge in [0, 0.05) is 35.0 Å². The molecule has 206 valence electrons. The van der Waals surface area contributed by atoms with Gasteiger partial charge in [-0.2, -0.15) is 0 Å². The number of nitrogens with two attached hydrogens (primary N) is 1. The normalized spacial score (nSPS) is 17.1. The Labute approximate surface area is 240 Å². The van der Waals surface area contributed by atoms with E-state index in [1.165, 1.54) is 22.2 Å². The molecule has 4 aromatic carbocycles. The Morgan fingerprint density at radius 3 is 2.59 bits per heavy atom. The third kappa shape index (κ3) is 5.75. The van der Waals surface area contributed by atoms with E-state index in [1.807, 2.05) is 49.7 Å². The molecule has 0 atom stereocenters. The van der Waals surface area contributed by atoms with Crippen LogP contribution in [0.15, 0.2) is 132 Å². The smallest absolute Gasteiger partial charge is 0.198 e. The Kier molecular flexibility index (Phi) is 7.85. The lowest BCUT2D eigenvalue weighted by atomic mass is 9.91. The van der Waals surface area contributed by atoms with Crippen LogP contribution in [0.1, 0.15) is 19.3 Å². The molecule has 0 amide bonds. The average Bonchev–Trinajstić information content (AvgIpc) is 3.44. The van der Waals surface area contributed by atoms with Crippen molar-refractivity contribution >= 4 is 32.9 Å². The van der Waals surface area contributed by atoms with Gasteiger partial charge in [0.25, 0.3) is 0 Å². The first-order valence-electron chi connectivity index (χ1n) is 14.1. The zero-order valence-electron chi connectivity index (χ0n) is 23.3. The van der Waals surface area contributed by atoms with Gasteiger partial charge >= 0.3 is 0 Å². The maximum Gasteiger partial charge on any atom is 0.198 e. The van der Waals surface area contributed by atoms with E-state index in [2.05, 4.69) is 88.6 Å². The van der Waals surface area contributed by atoms with Crippen LogP contribution in [0.5, 0.6) is 11.5 Å². The maximum atomic E-state index is 6.25. The second-order valence-corrected chi connectivity index (χ2v) is 10.2. The number of fused-ring (bicyclic) bond motifs is 4. The molecule has 0 saturated carbocycles. The van der Waals surface area contributed by atoms with Crippen LogP contribution in [-0.2, 0) is 0 Å². The zero-order chi connectivity index (χ0) is 28.0. The molecule has 0 fully saturated rings. The topological polar surface area (TPSA) is 86.8 Å². The minimum Gasteiger partial charge on any atom is -0.483 e. The Morgan fingerprint density at radius 2 is 1.73 bits per heavy atom. The van der Waals surface area contributed by atoms with Crippen molar-refractivity contribution in [2.45, 2.75) is 19.3 Å². The molecule has 0 spiro atoms. The van der Waals surface area contributed by atoms with Crippen LogP contribution in [0, 0.1) is 0 Å². The first-order chi connectivity index (χ1) is 20.2. The summed E-state index contributed by atoms with van der Waals surface area (Å²) in [5.41, 5.74) is 9.89. The van der Waals surface area contributed by atoms with Gasteiger partial charge in [-0.15, -0.1) is 0 Å². The lowest BCUT2D eigenvalue weighted by molar-refractivity contribution is -0.532. The lowest BCUT2D eigenvalue weighted by Gasteiger charge is -2.18. The van der Waals surface area contributed by atoms with Crippen molar-refractivity contribution in [2.24, 2.45) is 0 Å². The number of allylic oxidation sites excluding steroid dienone is 5. The van der Waals surface area contributed by atoms with Crippen molar-refractivity contribution in [3.63, 3.8) is 0 Å². The highest BCUT2D eigenvalue weighted by atomic mass is 16.5. The molecule has 6 heteroatoms. The number of quaternary nitrogens is 2. The zero-order valence-corrected chi connectivity index (χ0v) is 23.3. The fourth-order valence-corrected chi connectivity index (χ4v) is 5.50. The quantitative estimate of drug-likeness (QED) is 0.227. The van der Waals surface area contributed by atoms with E-state index in [9.17, 15) is 0 Å². The Bertz CT molecular complexity index is 1750. The number of anilines is 1. The van der Waals surface area contributed by atoms with Crippen LogP contribution in [0.4, 0.5) is 11.4 Å². The number of ether oxygens (including phenoxy) is 2. The van der Waals surface area contributed by atoms with Crippen LogP contribution in [0.3, 0.4) is 0 Å². The summed E-state index contributed by atoms with van der Waals surface area (Å²) in [5.74, 6) is 2.47. The number of benzene rings is 4. The van der Waals surface area contributed by atoms with Gasteiger partial charge in [0.1, 0.15) is 18.5 Å². The molecule has 1 aliphatic heterocycles. The molecule has 4 aromatic rings. The van der Waals surface area contributed by atoms with Crippen molar-refractivity contribution in [2.75, 3.05) is 19.0 Å². The van der Waals surface area contributed by atoms with E-state index in [-0.39, 0.29) is 0 Å². The minimum atomic E-state index is 0.479. The van der Waals surface area contributed by atoms with E-state index in [4.69, 9.17) is 9.47 Å². The molecule has 2 aliphatic rings. The summed E-state index contributed by atoms with van der Waals surface area (Å²) >= 11 is 0. The second kappa shape index (κ2) is 12.2. The molecule has 6 rings (SSSR count). The molecule has 41 heavy (non-hydrogen) atoms. The first kappa shape index (κ1) is 26.4. The van der Waals surface area contributed by atoms with E-state index >= 15 is 0 Å². The van der Waals surface area contributed by atoms with Gasteiger partial charge in [-0.1, -0.05) is 60.7 Å². The number of nitrogens with one attached hydrogen (secondary N) is 2. The minimum absolute atomic E-state index is 0.479. The molecule has 6 nitrogen and oxygen atoms in total. The average molecular weight is 545 g/mol. The molecular formula is C35H36N4O2+2. The highest BCUT2D eigenvalue weighted by Gasteiger charge is 2.21. The van der Waals surface area contributed by atoms with Crippen molar-refractivity contribution in [1.82, 2.24) is 5.32 Å². The van der Waals surface area contributed by atoms with E-state index in [0.717, 1.165) is 64.2 Å². The summed E-state index contributed by atoms with van der Waals surface area (Å²) in [6.07, 6.45) is 15.7. The predicted octanol–water partition coefficient (Wildman–Crippen LogP) is 5.77. The standard InChI is InChI=1S/C35H34N4O2/c1-37-21-22-38-33-26(12-7-23-40-34-28-13-4-2-8-24(28)15-18-30(34)36)10-6-11-27(33)17-20-32-39-31-19-16-25-9-3-5-14-29(25)35(31)41-32/h2-5,7-9,12-22,37-39H,6,10-11,23,36H2,1H3/p+2/b12-7+,22-21-,27-17+,32-20-. The number of hydrogen-bond donors (Lipinski definition) is 4. The van der Waals surface area contributed by atoms with Crippen LogP contribution in [-0.4, -0.2) is 13.7 Å². The van der Waals surface area contributed by atoms with Crippen LogP contribution >= 0.6 is 0 Å². The number of rotatable bonds is 8. The third-order valence-electron chi connectivity index (χ3n) is 7.50.